The third-order valence-electron chi connectivity index (χ3n) is 7.14. The van der Waals surface area contributed by atoms with Gasteiger partial charge in [-0.1, -0.05) is 38.2 Å². The topological polar surface area (TPSA) is 113 Å². The molecule has 10 heteroatoms. The number of nitrogens with zero attached hydrogens (tertiary/aromatic N) is 2. The van der Waals surface area contributed by atoms with Gasteiger partial charge < -0.3 is 15.4 Å². The van der Waals surface area contributed by atoms with Gasteiger partial charge in [-0.25, -0.2) is 17.9 Å². The number of hydrogen-bond donors (Lipinski definition) is 3. The van der Waals surface area contributed by atoms with Gasteiger partial charge in [0.25, 0.3) is 0 Å². The van der Waals surface area contributed by atoms with Crippen LogP contribution in [0.5, 0.6) is 0 Å². The molecule has 36 heavy (non-hydrogen) atoms. The average Bonchev–Trinajstić information content (AvgIpc) is 3.44. The molecule has 0 bridgehead atoms. The molecule has 3 rings (SSSR count). The summed E-state index contributed by atoms with van der Waals surface area (Å²) in [5.41, 5.74) is 0.968. The number of hydrogen-bond acceptors (Lipinski definition) is 6. The van der Waals surface area contributed by atoms with Crippen LogP contribution in [-0.2, 0) is 21.3 Å². The summed E-state index contributed by atoms with van der Waals surface area (Å²) in [5.74, 6) is 0. The molecule has 2 amide bonds. The van der Waals surface area contributed by atoms with E-state index in [9.17, 15) is 13.2 Å². The second-order valence-corrected chi connectivity index (χ2v) is 12.0. The maximum Gasteiger partial charge on any atom is 0.315 e. The first-order valence-electron chi connectivity index (χ1n) is 13.7. The van der Waals surface area contributed by atoms with Crippen molar-refractivity contribution in [3.05, 3.63) is 30.1 Å². The summed E-state index contributed by atoms with van der Waals surface area (Å²) >= 11 is 0. The van der Waals surface area contributed by atoms with Gasteiger partial charge >= 0.3 is 6.03 Å². The van der Waals surface area contributed by atoms with Crippen molar-refractivity contribution in [2.45, 2.75) is 88.5 Å². The second kappa shape index (κ2) is 16.2. The zero-order chi connectivity index (χ0) is 25.5. The lowest BCUT2D eigenvalue weighted by atomic mass is 10.0. The Balaban J connectivity index is 1.30. The Hall–Kier alpha value is -1.75. The largest absolute Gasteiger partial charge is 0.379 e. The van der Waals surface area contributed by atoms with Gasteiger partial charge in [-0.3, -0.25) is 9.88 Å². The monoisotopic (exact) mass is 523 g/mol. The fraction of sp³-hybridized carbons (Fsp3) is 0.769. The third kappa shape index (κ3) is 11.1. The van der Waals surface area contributed by atoms with Crippen molar-refractivity contribution < 1.29 is 17.9 Å². The fourth-order valence-corrected chi connectivity index (χ4v) is 6.84. The van der Waals surface area contributed by atoms with Gasteiger partial charge in [-0.15, -0.1) is 0 Å². The van der Waals surface area contributed by atoms with Gasteiger partial charge in [0.2, 0.25) is 10.0 Å². The van der Waals surface area contributed by atoms with Crippen LogP contribution in [-0.4, -0.2) is 75.0 Å². The highest BCUT2D eigenvalue weighted by atomic mass is 32.2. The summed E-state index contributed by atoms with van der Waals surface area (Å²) in [6.07, 6.45) is 13.8. The number of sulfonamides is 1. The summed E-state index contributed by atoms with van der Waals surface area (Å²) in [7, 11) is -3.24. The molecule has 1 atom stereocenters. The predicted molar refractivity (Wildman–Crippen MR) is 142 cm³/mol. The van der Waals surface area contributed by atoms with E-state index in [1.54, 1.807) is 12.4 Å². The third-order valence-corrected chi connectivity index (χ3v) is 9.15. The van der Waals surface area contributed by atoms with E-state index >= 15 is 0 Å². The van der Waals surface area contributed by atoms with Crippen LogP contribution in [0.1, 0.15) is 76.2 Å². The molecule has 2 fully saturated rings. The average molecular weight is 524 g/mol. The molecular formula is C26H45N5O4S. The Kier molecular flexibility index (Phi) is 12.9. The number of carbonyl (C=O) groups is 1. The van der Waals surface area contributed by atoms with Crippen molar-refractivity contribution in [1.82, 2.24) is 25.2 Å². The SMILES string of the molecule is O=C(NCCCCCCC(CCCN1CCOCC1)NS(=O)(=O)C1CCCC1)NCc1cccnc1. The number of amides is 2. The number of aromatic nitrogens is 1. The predicted octanol–water partition coefficient (Wildman–Crippen LogP) is 3.17. The van der Waals surface area contributed by atoms with Crippen molar-refractivity contribution in [1.29, 1.82) is 0 Å². The van der Waals surface area contributed by atoms with E-state index in [-0.39, 0.29) is 17.3 Å². The minimum absolute atomic E-state index is 0.00743. The molecule has 9 nitrogen and oxygen atoms in total. The molecule has 1 unspecified atom stereocenters. The molecule has 0 aromatic carbocycles. The first-order valence-corrected chi connectivity index (χ1v) is 15.3. The van der Waals surface area contributed by atoms with Crippen molar-refractivity contribution in [3.8, 4) is 0 Å². The summed E-state index contributed by atoms with van der Waals surface area (Å²) in [5, 5.41) is 5.52. The molecule has 1 saturated heterocycles. The van der Waals surface area contributed by atoms with Crippen molar-refractivity contribution in [2.75, 3.05) is 39.4 Å². The number of morpholine rings is 1. The van der Waals surface area contributed by atoms with Gasteiger partial charge in [-0.2, -0.15) is 0 Å². The number of nitrogens with one attached hydrogen (secondary N) is 3. The fourth-order valence-electron chi connectivity index (χ4n) is 4.99. The second-order valence-electron chi connectivity index (χ2n) is 10.0. The Morgan fingerprint density at radius 2 is 1.81 bits per heavy atom. The van der Waals surface area contributed by atoms with E-state index in [1.807, 2.05) is 12.1 Å². The van der Waals surface area contributed by atoms with E-state index in [4.69, 9.17) is 4.74 Å². The molecule has 1 saturated carbocycles. The van der Waals surface area contributed by atoms with Crippen molar-refractivity contribution >= 4 is 16.1 Å². The molecule has 2 heterocycles. The van der Waals surface area contributed by atoms with Crippen LogP contribution in [0.4, 0.5) is 4.79 Å². The van der Waals surface area contributed by atoms with E-state index in [2.05, 4.69) is 25.2 Å². The standard InChI is InChI=1S/C26H45N5O4S/c32-26(29-22-23-9-7-14-27-21-23)28-15-6-2-1-3-10-24(11-8-16-31-17-19-35-20-18-31)30-36(33,34)25-12-4-5-13-25/h7,9,14,21,24-25,30H,1-6,8,10-13,15-20,22H2,(H2,28,29,32). The zero-order valence-corrected chi connectivity index (χ0v) is 22.4. The Morgan fingerprint density at radius 1 is 1.06 bits per heavy atom. The van der Waals surface area contributed by atoms with E-state index in [0.29, 0.717) is 13.1 Å². The summed E-state index contributed by atoms with van der Waals surface area (Å²) in [6.45, 7) is 5.61. The molecule has 1 aliphatic heterocycles. The number of pyridine rings is 1. The normalized spacial score (nSPS) is 18.2. The first-order chi connectivity index (χ1) is 17.5. The van der Waals surface area contributed by atoms with Crippen LogP contribution < -0.4 is 15.4 Å². The van der Waals surface area contributed by atoms with E-state index in [1.165, 1.54) is 0 Å². The Morgan fingerprint density at radius 3 is 2.56 bits per heavy atom. The lowest BCUT2D eigenvalue weighted by Gasteiger charge is -2.27. The summed E-state index contributed by atoms with van der Waals surface area (Å²) in [6, 6.07) is 3.62. The minimum atomic E-state index is -3.24. The number of carbonyl (C=O) groups excluding carboxylic acids is 1. The number of urea groups is 1. The maximum atomic E-state index is 12.9. The van der Waals surface area contributed by atoms with Crippen molar-refractivity contribution in [3.63, 3.8) is 0 Å². The molecule has 204 valence electrons. The van der Waals surface area contributed by atoms with Crippen molar-refractivity contribution in [2.24, 2.45) is 0 Å². The lowest BCUT2D eigenvalue weighted by molar-refractivity contribution is 0.0369. The van der Waals surface area contributed by atoms with E-state index in [0.717, 1.165) is 109 Å². The highest BCUT2D eigenvalue weighted by Crippen LogP contribution is 2.25. The molecule has 2 aliphatic rings. The molecule has 1 aromatic heterocycles. The van der Waals surface area contributed by atoms with Crippen LogP contribution >= 0.6 is 0 Å². The number of rotatable bonds is 16. The quantitative estimate of drug-likeness (QED) is 0.287. The number of unbranched alkanes of at least 4 members (excludes halogenated alkanes) is 3. The molecule has 3 N–H and O–H groups in total. The smallest absolute Gasteiger partial charge is 0.315 e. The minimum Gasteiger partial charge on any atom is -0.379 e. The van der Waals surface area contributed by atoms with Gasteiger partial charge in [0.05, 0.1) is 18.5 Å². The molecule has 1 aromatic rings. The first kappa shape index (κ1) is 28.8. The Labute approximate surface area is 217 Å². The number of ether oxygens (including phenoxy) is 1. The van der Waals surface area contributed by atoms with Gasteiger partial charge in [0, 0.05) is 44.6 Å². The van der Waals surface area contributed by atoms with Crippen LogP contribution in [0.25, 0.3) is 0 Å². The highest BCUT2D eigenvalue weighted by molar-refractivity contribution is 7.90. The highest BCUT2D eigenvalue weighted by Gasteiger charge is 2.30. The maximum absolute atomic E-state index is 12.9. The lowest BCUT2D eigenvalue weighted by Crippen LogP contribution is -2.41. The Bertz CT molecular complexity index is 843. The molecule has 0 spiro atoms. The van der Waals surface area contributed by atoms with Crippen LogP contribution in [0.2, 0.25) is 0 Å². The van der Waals surface area contributed by atoms with Gasteiger partial charge in [0.1, 0.15) is 0 Å². The molecule has 1 aliphatic carbocycles. The summed E-state index contributed by atoms with van der Waals surface area (Å²) < 4.78 is 34.3. The van der Waals surface area contributed by atoms with Crippen LogP contribution in [0, 0.1) is 0 Å². The molecule has 0 radical (unpaired) electrons. The molecular weight excluding hydrogens is 478 g/mol. The zero-order valence-electron chi connectivity index (χ0n) is 21.6. The van der Waals surface area contributed by atoms with Crippen LogP contribution in [0.15, 0.2) is 24.5 Å². The van der Waals surface area contributed by atoms with Crippen LogP contribution in [0.3, 0.4) is 0 Å². The van der Waals surface area contributed by atoms with E-state index < -0.39 is 10.0 Å². The summed E-state index contributed by atoms with van der Waals surface area (Å²) in [4.78, 5) is 18.4. The van der Waals surface area contributed by atoms with Gasteiger partial charge in [0.15, 0.2) is 0 Å². The van der Waals surface area contributed by atoms with Gasteiger partial charge in [-0.05, 0) is 56.7 Å².